The van der Waals surface area contributed by atoms with E-state index in [0.717, 1.165) is 15.9 Å². The molecule has 1 spiro atoms. The monoisotopic (exact) mass is 1350 g/mol. The minimum Gasteiger partial charge on any atom is -0.456 e. The summed E-state index contributed by atoms with van der Waals surface area (Å²) in [6.45, 7) is 19.0. The van der Waals surface area contributed by atoms with Gasteiger partial charge in [-0.25, -0.2) is 0 Å². The molecule has 0 N–H and O–H groups in total. The summed E-state index contributed by atoms with van der Waals surface area (Å²) in [6.07, 6.45) is 0. The summed E-state index contributed by atoms with van der Waals surface area (Å²) < 4.78 is 482. The molecule has 0 unspecified atom stereocenters. The maximum atomic E-state index is 8.96. The van der Waals surface area contributed by atoms with E-state index >= 15 is 0 Å². The number of nitrogens with zero attached hydrogens (tertiary/aromatic N) is 1. The molecule has 17 aromatic rings. The van der Waals surface area contributed by atoms with Gasteiger partial charge < -0.3 is 8.98 Å². The van der Waals surface area contributed by atoms with Gasteiger partial charge in [-0.2, -0.15) is 0 Å². The van der Waals surface area contributed by atoms with Crippen LogP contribution in [0.25, 0.3) is 103 Å². The number of furan rings is 1. The Morgan fingerprint density at radius 1 is 0.265 bits per heavy atom. The van der Waals surface area contributed by atoms with E-state index in [4.69, 9.17) is 85.3 Å². The van der Waals surface area contributed by atoms with Crippen LogP contribution in [0.1, 0.15) is 170 Å². The Morgan fingerprint density at radius 3 is 0.959 bits per heavy atom. The molecule has 2 aliphatic carbocycles. The van der Waals surface area contributed by atoms with Gasteiger partial charge in [-0.15, -0.1) is 11.3 Å². The van der Waals surface area contributed by atoms with Crippen molar-refractivity contribution in [1.29, 1.82) is 0 Å². The van der Waals surface area contributed by atoms with Crippen LogP contribution in [0.3, 0.4) is 0 Å². The van der Waals surface area contributed by atoms with E-state index in [9.17, 15) is 0 Å². The second kappa shape index (κ2) is 34.5. The minimum atomic E-state index is -2.37. The first kappa shape index (κ1) is 26.7. The molecule has 486 valence electrons. The quantitative estimate of drug-likeness (QED) is 0.169. The van der Waals surface area contributed by atoms with Crippen LogP contribution in [0.15, 0.2) is 361 Å². The predicted molar refractivity (Wildman–Crippen MR) is 430 cm³/mol. The van der Waals surface area contributed by atoms with Crippen LogP contribution >= 0.6 is 11.3 Å². The van der Waals surface area contributed by atoms with Crippen molar-refractivity contribution >= 4 is 75.3 Å². The molecule has 3 heterocycles. The zero-order valence-corrected chi connectivity index (χ0v) is 54.6. The van der Waals surface area contributed by atoms with Gasteiger partial charge in [-0.3, -0.25) is 0 Å². The Kier molecular flexibility index (Phi) is 9.42. The Hall–Kier alpha value is -11.1. The normalized spacial score (nSPS) is 19.5. The van der Waals surface area contributed by atoms with Crippen molar-refractivity contribution in [3.63, 3.8) is 0 Å². The summed E-state index contributed by atoms with van der Waals surface area (Å²) >= 11 is 0.967. The van der Waals surface area contributed by atoms with Gasteiger partial charge in [0.15, 0.2) is 0 Å². The lowest BCUT2D eigenvalue weighted by molar-refractivity contribution is 0.669. The fourth-order valence-corrected chi connectivity index (χ4v) is 10.4. The SMILES string of the molecule is CC.CC.CC.CC.[2H]c1c([2H])c([2H])c(-c2c([2H])c([2H])c(C)c([2H])c2[2H])c([2H])c1[2H].[2H]c1c([2H])c([2H])c(-n2c3c([2H])c([2H])c([2H])c([2H])c3c3c([2H])c([2H])c([2H])c([2H])c32)c([2H])c1[2H].[2H]c1c([2H])c([2H])c(C)c([2H])c1[2H].[2H]c1c([2H])c([2H])c2c(c1[2H])-c1c([2H])c([2H])c([2H])c([2H])c1C21c2c([2H])c([2H])c([2H])c([2H])c2-c2c([2H])c([2H])c([2H])c([2H])c21.[2H]c1c([2H])c([2H])c2c(oc3c([2H])c([2H])c([2H])c([2H])c32)c1[2H].[2H]c1c([2H])c([2H])c2c(sc3c([2H])c([2H])c([2H])c([2H])c32)c1[2H]. The molecule has 0 saturated carbocycles. The predicted octanol–water partition coefficient (Wildman–Crippen LogP) is 28.2. The van der Waals surface area contributed by atoms with Gasteiger partial charge in [0, 0.05) is 47.4 Å². The molecule has 3 heteroatoms. The molecule has 0 radical (unpaired) electrons. The zero-order chi connectivity index (χ0) is 120. The summed E-state index contributed by atoms with van der Waals surface area (Å²) in [7, 11) is 0. The molecule has 0 atom stereocenters. The first-order valence-corrected chi connectivity index (χ1v) is 30.8. The minimum absolute atomic E-state index is 0.0250. The molecule has 0 fully saturated rings. The summed E-state index contributed by atoms with van der Waals surface area (Å²) in [5, 5.41) is -0.193. The number of fused-ring (bicyclic) bond motifs is 19. The highest BCUT2D eigenvalue weighted by molar-refractivity contribution is 7.25. The van der Waals surface area contributed by atoms with Gasteiger partial charge in [0.25, 0.3) is 0 Å². The molecule has 3 aromatic heterocycles. The van der Waals surface area contributed by atoms with Crippen molar-refractivity contribution in [3.8, 4) is 39.1 Å². The maximum Gasteiger partial charge on any atom is 0.135 e. The summed E-state index contributed by atoms with van der Waals surface area (Å²) in [4.78, 5) is 0. The van der Waals surface area contributed by atoms with Gasteiger partial charge >= 0.3 is 0 Å². The van der Waals surface area contributed by atoms with Gasteiger partial charge in [-0.1, -0.05) is 375 Å². The van der Waals surface area contributed by atoms with Crippen molar-refractivity contribution in [2.24, 2.45) is 0 Å². The highest BCUT2D eigenvalue weighted by Gasteiger charge is 2.51. The van der Waals surface area contributed by atoms with Gasteiger partial charge in [-0.05, 0) is 118 Å². The van der Waals surface area contributed by atoms with Crippen molar-refractivity contribution in [1.82, 2.24) is 4.57 Å². The van der Waals surface area contributed by atoms with Crippen molar-refractivity contribution in [2.75, 3.05) is 0 Å². The van der Waals surface area contributed by atoms with Gasteiger partial charge in [0.1, 0.15) is 11.2 Å². The van der Waals surface area contributed by atoms with Gasteiger partial charge in [0.2, 0.25) is 0 Å². The molecule has 0 saturated heterocycles. The van der Waals surface area contributed by atoms with Crippen LogP contribution in [0.5, 0.6) is 0 Å². The number of hydrogen-bond donors (Lipinski definition) is 0. The number of rotatable bonds is 2. The average molecular weight is 1350 g/mol. The lowest BCUT2D eigenvalue weighted by atomic mass is 9.70. The standard InChI is InChI=1S/C25H16.C18H13N.C13H12.C12H8O.C12H8S.C7H8.4C2H6/c1-5-13-21-17(9-1)18-10-2-6-14-22(18)25(21)23-15-7-3-11-19(23)20-12-4-8-16-24(20)25;1-2-8-14(9-3-1)19-17-12-6-4-10-15(17)16-11-5-7-13-18(16)19;1-11-7-9-13(10-8-11)12-5-3-2-4-6-12;2*1-3-7-11-9(5-1)10-6-2-4-8-12(10)13-11;1-7-5-3-2-4-6-7;4*1-2/h1-16H;1-13H;2-10H,1H3;2*1-8H;2-6H,1H3;4*1-2H3/i1D,2D,3D,4D,5D,6D,7D,8D,9D,10D,11D,12D,13D,14D,15D,16D;1D,2D,3D,4D,5D,6D,7D,8D,9D,10D,11D,12D,13D;2D,3D,4D,5D,6D,7D,8D,9D,10D;2*1D,2D,3D,4D,5D,6D,7D,8D;2D,3D,4D,5D,6D;;;;. The van der Waals surface area contributed by atoms with E-state index in [1.807, 2.05) is 55.4 Å². The second-order valence-electron chi connectivity index (χ2n) is 18.3. The third-order valence-corrected chi connectivity index (χ3v) is 14.2. The fourth-order valence-electron chi connectivity index (χ4n) is 9.48. The van der Waals surface area contributed by atoms with E-state index in [1.165, 1.54) is 13.8 Å². The third-order valence-electron chi connectivity index (χ3n) is 13.1. The second-order valence-corrected chi connectivity index (χ2v) is 19.3. The third kappa shape index (κ3) is 14.8. The largest absolute Gasteiger partial charge is 0.456 e. The number of aromatic nitrogens is 1. The first-order chi connectivity index (χ1) is 73.0. The van der Waals surface area contributed by atoms with E-state index in [0.29, 0.717) is 5.56 Å². The van der Waals surface area contributed by atoms with Crippen molar-refractivity contribution in [2.45, 2.75) is 74.7 Å². The smallest absolute Gasteiger partial charge is 0.135 e. The number of benzene rings is 14. The van der Waals surface area contributed by atoms with Crippen LogP contribution in [-0.2, 0) is 5.41 Å². The average Bonchev–Trinajstić information content (AvgIpc) is 1.47. The van der Waals surface area contributed by atoms with E-state index in [-0.39, 0.29) is 216 Å². The van der Waals surface area contributed by atoms with Crippen LogP contribution < -0.4 is 0 Å². The summed E-state index contributed by atoms with van der Waals surface area (Å²) in [5.41, 5.74) is -6.80. The summed E-state index contributed by atoms with van der Waals surface area (Å²) in [5.74, 6) is 0. The van der Waals surface area contributed by atoms with Crippen LogP contribution in [0.4, 0.5) is 0 Å². The molecule has 2 nitrogen and oxygen atoms in total. The maximum absolute atomic E-state index is 8.96. The first-order valence-electron chi connectivity index (χ1n) is 59.5. The molecular formula is C95H89NOS. The highest BCUT2D eigenvalue weighted by Crippen LogP contribution is 2.62. The number of para-hydroxylation sites is 5. The van der Waals surface area contributed by atoms with E-state index in [1.54, 1.807) is 0 Å². The van der Waals surface area contributed by atoms with E-state index < -0.39 is 277 Å². The Balaban J connectivity index is 0.000000195. The lowest BCUT2D eigenvalue weighted by Crippen LogP contribution is -2.25. The van der Waals surface area contributed by atoms with Crippen molar-refractivity contribution in [3.05, 3.63) is 390 Å². The van der Waals surface area contributed by atoms with Gasteiger partial charge in [0.05, 0.1) is 97.3 Å². The molecule has 0 bridgehead atoms. The van der Waals surface area contributed by atoms with Crippen molar-refractivity contribution < 1.29 is 85.3 Å². The Morgan fingerprint density at radius 2 is 0.551 bits per heavy atom. The van der Waals surface area contributed by atoms with Crippen LogP contribution in [0.2, 0.25) is 0 Å². The molecule has 98 heavy (non-hydrogen) atoms. The summed E-state index contributed by atoms with van der Waals surface area (Å²) in [6, 6.07) is -31.1. The molecular weight excluding hydrogens is 1200 g/mol. The lowest BCUT2D eigenvalue weighted by Gasteiger charge is -2.30. The molecule has 19 rings (SSSR count). The topological polar surface area (TPSA) is 18.1 Å². The molecule has 0 aliphatic heterocycles. The van der Waals surface area contributed by atoms with Crippen LogP contribution in [-0.4, -0.2) is 4.57 Å². The zero-order valence-electron chi connectivity index (χ0n) is 113. The number of thiophene rings is 1. The molecule has 0 amide bonds. The highest BCUT2D eigenvalue weighted by atomic mass is 32.1. The molecule has 2 aliphatic rings. The Labute approximate surface area is 668 Å². The Bertz CT molecular complexity index is 8040. The molecule has 14 aromatic carbocycles. The fraction of sp³-hybridized carbons (Fsp3) is 0.116. The number of hydrogen-bond acceptors (Lipinski definition) is 2. The van der Waals surface area contributed by atoms with Crippen LogP contribution in [0, 0.1) is 13.8 Å². The van der Waals surface area contributed by atoms with E-state index in [2.05, 4.69) is 0 Å².